The van der Waals surface area contributed by atoms with E-state index >= 15 is 0 Å². The van der Waals surface area contributed by atoms with Crippen LogP contribution in [-0.2, 0) is 14.3 Å². The van der Waals surface area contributed by atoms with Gasteiger partial charge in [0.15, 0.2) is 0 Å². The van der Waals surface area contributed by atoms with Crippen molar-refractivity contribution >= 4 is 22.7 Å². The minimum absolute atomic E-state index is 0.0576. The fourth-order valence-electron chi connectivity index (χ4n) is 3.00. The van der Waals surface area contributed by atoms with E-state index in [1.165, 1.54) is 11.0 Å². The molecule has 27 heavy (non-hydrogen) atoms. The van der Waals surface area contributed by atoms with Gasteiger partial charge in [-0.15, -0.1) is 0 Å². The number of amides is 2. The summed E-state index contributed by atoms with van der Waals surface area (Å²) in [6.45, 7) is 0.729. The van der Waals surface area contributed by atoms with Crippen LogP contribution < -0.4 is 10.9 Å². The van der Waals surface area contributed by atoms with Crippen molar-refractivity contribution in [2.45, 2.75) is 18.6 Å². The Morgan fingerprint density at radius 2 is 2.11 bits per heavy atom. The Kier molecular flexibility index (Phi) is 5.88. The van der Waals surface area contributed by atoms with Gasteiger partial charge in [0, 0.05) is 37.7 Å². The van der Waals surface area contributed by atoms with E-state index in [1.807, 2.05) is 0 Å². The number of nitrogens with one attached hydrogen (secondary N) is 2. The number of carbonyl (C=O) groups is 2. The molecule has 3 rings (SSSR count). The van der Waals surface area contributed by atoms with Gasteiger partial charge in [0.1, 0.15) is 6.61 Å². The van der Waals surface area contributed by atoms with Gasteiger partial charge in [-0.2, -0.15) is 0 Å². The van der Waals surface area contributed by atoms with Crippen molar-refractivity contribution < 1.29 is 19.1 Å². The summed E-state index contributed by atoms with van der Waals surface area (Å²) in [6, 6.07) is 8.00. The first-order valence-corrected chi connectivity index (χ1v) is 8.78. The third-order valence-electron chi connectivity index (χ3n) is 4.52. The molecular formula is C19H23N3O5. The molecule has 0 aliphatic carbocycles. The fourth-order valence-corrected chi connectivity index (χ4v) is 3.00. The van der Waals surface area contributed by atoms with Gasteiger partial charge in [-0.3, -0.25) is 14.4 Å². The van der Waals surface area contributed by atoms with Crippen LogP contribution in [0, 0.1) is 0 Å². The molecule has 0 spiro atoms. The van der Waals surface area contributed by atoms with E-state index in [9.17, 15) is 14.4 Å². The predicted molar refractivity (Wildman–Crippen MR) is 99.7 cm³/mol. The third kappa shape index (κ3) is 4.53. The highest BCUT2D eigenvalue weighted by molar-refractivity contribution is 6.06. The maximum Gasteiger partial charge on any atom is 0.252 e. The molecule has 1 saturated heterocycles. The Hall–Kier alpha value is -2.71. The zero-order valence-corrected chi connectivity index (χ0v) is 15.4. The predicted octanol–water partition coefficient (Wildman–Crippen LogP) is 0.520. The summed E-state index contributed by atoms with van der Waals surface area (Å²) in [5.41, 5.74) is 0.547. The quantitative estimate of drug-likeness (QED) is 0.796. The number of H-pyrrole nitrogens is 1. The number of pyridine rings is 1. The van der Waals surface area contributed by atoms with E-state index < -0.39 is 6.04 Å². The molecule has 8 nitrogen and oxygen atoms in total. The second-order valence-corrected chi connectivity index (χ2v) is 6.67. The van der Waals surface area contributed by atoms with Crippen molar-refractivity contribution in [2.75, 3.05) is 33.9 Å². The van der Waals surface area contributed by atoms with Gasteiger partial charge in [-0.1, -0.05) is 18.2 Å². The van der Waals surface area contributed by atoms with E-state index in [0.29, 0.717) is 29.5 Å². The molecule has 2 N–H and O–H groups in total. The first-order chi connectivity index (χ1) is 13.0. The Morgan fingerprint density at radius 3 is 2.89 bits per heavy atom. The Morgan fingerprint density at radius 1 is 1.33 bits per heavy atom. The molecule has 8 heteroatoms. The van der Waals surface area contributed by atoms with Gasteiger partial charge in [-0.25, -0.2) is 0 Å². The van der Waals surface area contributed by atoms with E-state index in [0.717, 1.165) is 0 Å². The molecule has 2 aromatic rings. The fraction of sp³-hybridized carbons (Fsp3) is 0.421. The number of ether oxygens (including phenoxy) is 2. The second-order valence-electron chi connectivity index (χ2n) is 6.67. The van der Waals surface area contributed by atoms with Crippen molar-refractivity contribution in [3.8, 4) is 0 Å². The zero-order chi connectivity index (χ0) is 19.4. The highest BCUT2D eigenvalue weighted by Gasteiger charge is 2.29. The number of nitrogens with zero attached hydrogens (tertiary/aromatic N) is 1. The number of likely N-dealkylation sites (N-methyl/N-ethyl adjacent to an activating group) is 1. The average molecular weight is 373 g/mol. The first-order valence-electron chi connectivity index (χ1n) is 8.78. The number of aromatic amines is 1. The van der Waals surface area contributed by atoms with Gasteiger partial charge in [0.2, 0.25) is 11.5 Å². The lowest BCUT2D eigenvalue weighted by Crippen LogP contribution is -2.51. The summed E-state index contributed by atoms with van der Waals surface area (Å²) < 4.78 is 11.2. The van der Waals surface area contributed by atoms with E-state index in [2.05, 4.69) is 10.3 Å². The molecule has 0 saturated carbocycles. The Bertz CT molecular complexity index is 892. The molecule has 0 unspecified atom stereocenters. The lowest BCUT2D eigenvalue weighted by Gasteiger charge is -2.32. The maximum absolute atomic E-state index is 12.8. The number of carbonyl (C=O) groups excluding carboxylic acids is 2. The SMILES string of the molecule is CN(C)C(=O)CO[C@H]1CCOC[C@H]1NC(=O)c1cc(=O)[nH]c2ccccc12. The van der Waals surface area contributed by atoms with Crippen LogP contribution in [0.5, 0.6) is 0 Å². The minimum Gasteiger partial charge on any atom is -0.379 e. The van der Waals surface area contributed by atoms with E-state index in [4.69, 9.17) is 9.47 Å². The minimum atomic E-state index is -0.403. The average Bonchev–Trinajstić information content (AvgIpc) is 2.66. The van der Waals surface area contributed by atoms with Gasteiger partial charge in [0.25, 0.3) is 5.91 Å². The third-order valence-corrected chi connectivity index (χ3v) is 4.52. The topological polar surface area (TPSA) is 101 Å². The summed E-state index contributed by atoms with van der Waals surface area (Å²) in [6.07, 6.45) is 0.238. The van der Waals surface area contributed by atoms with Gasteiger partial charge in [-0.05, 0) is 12.5 Å². The number of benzene rings is 1. The van der Waals surface area contributed by atoms with Gasteiger partial charge in [0.05, 0.1) is 24.3 Å². The number of hydrogen-bond donors (Lipinski definition) is 2. The molecule has 1 aromatic carbocycles. The summed E-state index contributed by atoms with van der Waals surface area (Å²) >= 11 is 0. The van der Waals surface area contributed by atoms with Crippen molar-refractivity contribution in [3.05, 3.63) is 46.2 Å². The lowest BCUT2D eigenvalue weighted by atomic mass is 10.0. The molecule has 1 aromatic heterocycles. The van der Waals surface area contributed by atoms with Crippen molar-refractivity contribution in [1.29, 1.82) is 0 Å². The standard InChI is InChI=1S/C19H23N3O5/c1-22(2)18(24)11-27-16-7-8-26-10-15(16)21-19(25)13-9-17(23)20-14-6-4-3-5-12(13)14/h3-6,9,15-16H,7-8,10-11H2,1-2H3,(H,20,23)(H,21,25)/t15-,16+/m1/s1. The van der Waals surface area contributed by atoms with Crippen LogP contribution in [0.4, 0.5) is 0 Å². The number of fused-ring (bicyclic) bond motifs is 1. The van der Waals surface area contributed by atoms with E-state index in [-0.39, 0.29) is 36.7 Å². The Labute approximate surface area is 156 Å². The van der Waals surface area contributed by atoms with Gasteiger partial charge < -0.3 is 24.7 Å². The van der Waals surface area contributed by atoms with Crippen LogP contribution in [0.2, 0.25) is 0 Å². The number of rotatable bonds is 5. The molecule has 2 atom stereocenters. The summed E-state index contributed by atoms with van der Waals surface area (Å²) in [4.78, 5) is 40.6. The van der Waals surface area contributed by atoms with Crippen LogP contribution in [0.1, 0.15) is 16.8 Å². The highest BCUT2D eigenvalue weighted by atomic mass is 16.5. The lowest BCUT2D eigenvalue weighted by molar-refractivity contribution is -0.138. The van der Waals surface area contributed by atoms with Crippen LogP contribution in [-0.4, -0.2) is 67.8 Å². The summed E-state index contributed by atoms with van der Waals surface area (Å²) in [5.74, 6) is -0.521. The number of hydrogen-bond acceptors (Lipinski definition) is 5. The van der Waals surface area contributed by atoms with E-state index in [1.54, 1.807) is 38.4 Å². The molecule has 2 heterocycles. The van der Waals surface area contributed by atoms with Crippen LogP contribution >= 0.6 is 0 Å². The van der Waals surface area contributed by atoms with Crippen LogP contribution in [0.15, 0.2) is 35.1 Å². The molecule has 2 amide bonds. The summed E-state index contributed by atoms with van der Waals surface area (Å²) in [7, 11) is 3.32. The summed E-state index contributed by atoms with van der Waals surface area (Å²) in [5, 5.41) is 3.55. The van der Waals surface area contributed by atoms with Crippen molar-refractivity contribution in [3.63, 3.8) is 0 Å². The van der Waals surface area contributed by atoms with Gasteiger partial charge >= 0.3 is 0 Å². The smallest absolute Gasteiger partial charge is 0.252 e. The molecule has 1 aliphatic heterocycles. The Balaban J connectivity index is 1.76. The van der Waals surface area contributed by atoms with Crippen molar-refractivity contribution in [2.24, 2.45) is 0 Å². The number of para-hydroxylation sites is 1. The van der Waals surface area contributed by atoms with Crippen molar-refractivity contribution in [1.82, 2.24) is 15.2 Å². The van der Waals surface area contributed by atoms with Crippen LogP contribution in [0.25, 0.3) is 10.9 Å². The highest BCUT2D eigenvalue weighted by Crippen LogP contribution is 2.17. The normalized spacial score (nSPS) is 19.6. The van der Waals surface area contributed by atoms with Crippen LogP contribution in [0.3, 0.4) is 0 Å². The largest absolute Gasteiger partial charge is 0.379 e. The molecule has 1 fully saturated rings. The molecule has 1 aliphatic rings. The number of aromatic nitrogens is 1. The molecule has 144 valence electrons. The molecule has 0 bridgehead atoms. The maximum atomic E-state index is 12.8. The molecular weight excluding hydrogens is 350 g/mol. The second kappa shape index (κ2) is 8.32. The monoisotopic (exact) mass is 373 g/mol. The molecule has 0 radical (unpaired) electrons. The zero-order valence-electron chi connectivity index (χ0n) is 15.4. The first kappa shape index (κ1) is 19.1.